The summed E-state index contributed by atoms with van der Waals surface area (Å²) in [6.07, 6.45) is -0.330. The van der Waals surface area contributed by atoms with E-state index in [0.717, 1.165) is 0 Å². The van der Waals surface area contributed by atoms with Crippen molar-refractivity contribution < 1.29 is 23.9 Å². The van der Waals surface area contributed by atoms with E-state index in [1.54, 1.807) is 32.0 Å². The molecule has 1 atom stereocenters. The number of hydrogen-bond acceptors (Lipinski definition) is 5. The summed E-state index contributed by atoms with van der Waals surface area (Å²) in [5.41, 5.74) is 0.918. The molecule has 1 unspecified atom stereocenters. The number of anilines is 1. The zero-order valence-electron chi connectivity index (χ0n) is 14.5. The van der Waals surface area contributed by atoms with Crippen molar-refractivity contribution in [2.24, 2.45) is 5.92 Å². The Labute approximate surface area is 141 Å². The third kappa shape index (κ3) is 3.93. The number of rotatable bonds is 6. The van der Waals surface area contributed by atoms with E-state index < -0.39 is 12.1 Å². The van der Waals surface area contributed by atoms with E-state index in [0.29, 0.717) is 30.0 Å². The maximum absolute atomic E-state index is 12.4. The second-order valence-electron chi connectivity index (χ2n) is 6.22. The molecule has 0 aromatic heterocycles. The molecule has 2 rings (SSSR count). The van der Waals surface area contributed by atoms with E-state index >= 15 is 0 Å². The molecular formula is C18H23NO5. The van der Waals surface area contributed by atoms with Crippen LogP contribution >= 0.6 is 0 Å². The van der Waals surface area contributed by atoms with Crippen LogP contribution in [0.1, 0.15) is 44.5 Å². The molecule has 1 aromatic rings. The van der Waals surface area contributed by atoms with Gasteiger partial charge in [0.2, 0.25) is 0 Å². The molecule has 0 aliphatic carbocycles. The van der Waals surface area contributed by atoms with Crippen molar-refractivity contribution in [3.8, 4) is 5.75 Å². The van der Waals surface area contributed by atoms with Crippen molar-refractivity contribution in [3.63, 3.8) is 0 Å². The Morgan fingerprint density at radius 3 is 2.67 bits per heavy atom. The highest BCUT2D eigenvalue weighted by atomic mass is 16.5. The molecule has 6 nitrogen and oxygen atoms in total. The lowest BCUT2D eigenvalue weighted by atomic mass is 10.1. The fourth-order valence-corrected chi connectivity index (χ4v) is 2.38. The van der Waals surface area contributed by atoms with E-state index in [2.05, 4.69) is 0 Å². The van der Waals surface area contributed by atoms with Gasteiger partial charge in [-0.1, -0.05) is 20.8 Å². The van der Waals surface area contributed by atoms with Crippen LogP contribution in [0.15, 0.2) is 18.2 Å². The zero-order chi connectivity index (χ0) is 17.9. The molecule has 1 aliphatic heterocycles. The molecule has 0 radical (unpaired) electrons. The number of benzene rings is 1. The van der Waals surface area contributed by atoms with Gasteiger partial charge in [0, 0.05) is 12.0 Å². The van der Waals surface area contributed by atoms with Crippen molar-refractivity contribution in [1.29, 1.82) is 0 Å². The molecule has 0 saturated carbocycles. The van der Waals surface area contributed by atoms with Crippen molar-refractivity contribution in [2.45, 2.75) is 40.2 Å². The normalized spacial score (nSPS) is 16.6. The van der Waals surface area contributed by atoms with Crippen LogP contribution in [0.25, 0.3) is 0 Å². The largest absolute Gasteiger partial charge is 0.479 e. The average Bonchev–Trinajstić information content (AvgIpc) is 2.56. The van der Waals surface area contributed by atoms with Gasteiger partial charge in [-0.2, -0.15) is 0 Å². The van der Waals surface area contributed by atoms with Gasteiger partial charge in [-0.3, -0.25) is 19.3 Å². The predicted molar refractivity (Wildman–Crippen MR) is 89.3 cm³/mol. The fourth-order valence-electron chi connectivity index (χ4n) is 2.38. The van der Waals surface area contributed by atoms with Crippen LogP contribution in [-0.4, -0.2) is 36.9 Å². The molecule has 24 heavy (non-hydrogen) atoms. The van der Waals surface area contributed by atoms with E-state index in [9.17, 15) is 14.4 Å². The second-order valence-corrected chi connectivity index (χ2v) is 6.22. The van der Waals surface area contributed by atoms with Crippen LogP contribution in [0.2, 0.25) is 0 Å². The van der Waals surface area contributed by atoms with Gasteiger partial charge in [-0.15, -0.1) is 0 Å². The molecule has 0 N–H and O–H groups in total. The van der Waals surface area contributed by atoms with Crippen molar-refractivity contribution in [2.75, 3.05) is 18.1 Å². The predicted octanol–water partition coefficient (Wildman–Crippen LogP) is 2.59. The number of ketones is 1. The van der Waals surface area contributed by atoms with E-state index in [1.165, 1.54) is 4.90 Å². The molecule has 0 bridgehead atoms. The molecule has 1 amide bonds. The van der Waals surface area contributed by atoms with Crippen molar-refractivity contribution in [1.82, 2.24) is 0 Å². The Hall–Kier alpha value is -2.37. The van der Waals surface area contributed by atoms with Gasteiger partial charge in [-0.05, 0) is 31.0 Å². The lowest BCUT2D eigenvalue weighted by molar-refractivity contribution is -0.144. The highest BCUT2D eigenvalue weighted by molar-refractivity contribution is 6.05. The number of Topliss-reactive ketones (excluding diaryl/α,β-unsaturated/α-hetero) is 1. The SMILES string of the molecule is CCC(=O)c1ccc2c(c1)N(CC(=O)OCC(C)C)C(=O)C(C)O2. The summed E-state index contributed by atoms with van der Waals surface area (Å²) in [6.45, 7) is 7.37. The number of esters is 1. The van der Waals surface area contributed by atoms with Gasteiger partial charge >= 0.3 is 5.97 Å². The molecule has 0 spiro atoms. The minimum atomic E-state index is -0.692. The minimum Gasteiger partial charge on any atom is -0.479 e. The first kappa shape index (κ1) is 18.0. The number of ether oxygens (including phenoxy) is 2. The van der Waals surface area contributed by atoms with Crippen molar-refractivity contribution >= 4 is 23.3 Å². The number of carbonyl (C=O) groups is 3. The molecular weight excluding hydrogens is 310 g/mol. The van der Waals surface area contributed by atoms with Crippen LogP contribution in [-0.2, 0) is 14.3 Å². The zero-order valence-corrected chi connectivity index (χ0v) is 14.5. The Bertz CT molecular complexity index is 653. The number of amides is 1. The van der Waals surface area contributed by atoms with Gasteiger partial charge in [0.15, 0.2) is 11.9 Å². The maximum Gasteiger partial charge on any atom is 0.326 e. The molecule has 130 valence electrons. The maximum atomic E-state index is 12.4. The van der Waals surface area contributed by atoms with Crippen LogP contribution in [0.4, 0.5) is 5.69 Å². The fraction of sp³-hybridized carbons (Fsp3) is 0.500. The highest BCUT2D eigenvalue weighted by Gasteiger charge is 2.33. The Balaban J connectivity index is 2.28. The summed E-state index contributed by atoms with van der Waals surface area (Å²) < 4.78 is 10.7. The first-order chi connectivity index (χ1) is 11.3. The Morgan fingerprint density at radius 1 is 1.33 bits per heavy atom. The summed E-state index contributed by atoms with van der Waals surface area (Å²) in [5, 5.41) is 0. The second kappa shape index (κ2) is 7.47. The lowest BCUT2D eigenvalue weighted by Gasteiger charge is -2.32. The highest BCUT2D eigenvalue weighted by Crippen LogP contribution is 2.35. The third-order valence-electron chi connectivity index (χ3n) is 3.68. The van der Waals surface area contributed by atoms with Gasteiger partial charge in [-0.25, -0.2) is 0 Å². The first-order valence-corrected chi connectivity index (χ1v) is 8.14. The molecule has 0 fully saturated rings. The van der Waals surface area contributed by atoms with Crippen LogP contribution in [0.5, 0.6) is 5.75 Å². The van der Waals surface area contributed by atoms with Crippen LogP contribution < -0.4 is 9.64 Å². The first-order valence-electron chi connectivity index (χ1n) is 8.14. The average molecular weight is 333 g/mol. The minimum absolute atomic E-state index is 0.0359. The van der Waals surface area contributed by atoms with Crippen molar-refractivity contribution in [3.05, 3.63) is 23.8 Å². The molecule has 1 heterocycles. The summed E-state index contributed by atoms with van der Waals surface area (Å²) >= 11 is 0. The van der Waals surface area contributed by atoms with Gasteiger partial charge in [0.05, 0.1) is 12.3 Å². The molecule has 1 aliphatic rings. The molecule has 1 aromatic carbocycles. The van der Waals surface area contributed by atoms with E-state index in [1.807, 2.05) is 13.8 Å². The molecule has 0 saturated heterocycles. The summed E-state index contributed by atoms with van der Waals surface area (Å²) in [4.78, 5) is 37.7. The van der Waals surface area contributed by atoms with Gasteiger partial charge < -0.3 is 9.47 Å². The summed E-state index contributed by atoms with van der Waals surface area (Å²) in [6, 6.07) is 4.93. The monoisotopic (exact) mass is 333 g/mol. The van der Waals surface area contributed by atoms with E-state index in [-0.39, 0.29) is 24.2 Å². The topological polar surface area (TPSA) is 72.9 Å². The standard InChI is InChI=1S/C18H23NO5/c1-5-15(20)13-6-7-16-14(8-13)19(18(22)12(4)24-16)9-17(21)23-10-11(2)3/h6-8,11-12H,5,9-10H2,1-4H3. The smallest absolute Gasteiger partial charge is 0.326 e. The van der Waals surface area contributed by atoms with E-state index in [4.69, 9.17) is 9.47 Å². The lowest BCUT2D eigenvalue weighted by Crippen LogP contribution is -2.47. The molecule has 6 heteroatoms. The number of carbonyl (C=O) groups excluding carboxylic acids is 3. The number of hydrogen-bond donors (Lipinski definition) is 0. The third-order valence-corrected chi connectivity index (χ3v) is 3.68. The van der Waals surface area contributed by atoms with Gasteiger partial charge in [0.25, 0.3) is 5.91 Å². The van der Waals surface area contributed by atoms with Gasteiger partial charge in [0.1, 0.15) is 12.3 Å². The summed E-state index contributed by atoms with van der Waals surface area (Å²) in [7, 11) is 0. The van der Waals surface area contributed by atoms with Crippen LogP contribution in [0, 0.1) is 5.92 Å². The Kier molecular flexibility index (Phi) is 5.59. The number of nitrogens with zero attached hydrogens (tertiary/aromatic N) is 1. The Morgan fingerprint density at radius 2 is 2.04 bits per heavy atom. The quantitative estimate of drug-likeness (QED) is 0.591. The summed E-state index contributed by atoms with van der Waals surface area (Å²) in [5.74, 6) is -0.152. The number of fused-ring (bicyclic) bond motifs is 1. The van der Waals surface area contributed by atoms with Crippen LogP contribution in [0.3, 0.4) is 0 Å².